The van der Waals surface area contributed by atoms with Crippen LogP contribution >= 0.6 is 12.6 Å². The molecule has 1 heterocycles. The van der Waals surface area contributed by atoms with Crippen molar-refractivity contribution in [3.63, 3.8) is 0 Å². The fraction of sp³-hybridized carbons (Fsp3) is 0.600. The summed E-state index contributed by atoms with van der Waals surface area (Å²) in [4.78, 5) is 34.5. The molecular weight excluding hydrogens is 258 g/mol. The molecule has 0 amide bonds. The summed E-state index contributed by atoms with van der Waals surface area (Å²) >= 11 is 4.19. The summed E-state index contributed by atoms with van der Waals surface area (Å²) in [6, 6.07) is 0. The minimum Gasteiger partial charge on any atom is -0.293 e. The molecule has 1 aromatic rings. The largest absolute Gasteiger partial charge is 0.350 e. The Labute approximate surface area is 108 Å². The highest BCUT2D eigenvalue weighted by Gasteiger charge is 2.18. The highest BCUT2D eigenvalue weighted by Crippen LogP contribution is 2.14. The van der Waals surface area contributed by atoms with Crippen molar-refractivity contribution in [3.8, 4) is 0 Å². The first-order valence-corrected chi connectivity index (χ1v) is 6.09. The topological polar surface area (TPSA) is 98.0 Å². The molecule has 1 unspecified atom stereocenters. The van der Waals surface area contributed by atoms with Gasteiger partial charge in [0.25, 0.3) is 0 Å². The summed E-state index contributed by atoms with van der Waals surface area (Å²) in [5.41, 5.74) is -2.25. The zero-order valence-electron chi connectivity index (χ0n) is 10.1. The Kier molecular flexibility index (Phi) is 4.71. The van der Waals surface area contributed by atoms with Crippen molar-refractivity contribution in [2.75, 3.05) is 5.75 Å². The molecule has 1 aromatic heterocycles. The van der Waals surface area contributed by atoms with Crippen LogP contribution in [-0.4, -0.2) is 20.2 Å². The van der Waals surface area contributed by atoms with Gasteiger partial charge in [0.1, 0.15) is 0 Å². The van der Waals surface area contributed by atoms with Gasteiger partial charge in [-0.05, 0) is 17.6 Å². The van der Waals surface area contributed by atoms with E-state index < -0.39 is 21.9 Å². The van der Waals surface area contributed by atoms with Crippen molar-refractivity contribution in [1.82, 2.24) is 9.55 Å². The lowest BCUT2D eigenvalue weighted by atomic mass is 9.98. The van der Waals surface area contributed by atoms with E-state index in [4.69, 9.17) is 0 Å². The fourth-order valence-electron chi connectivity index (χ4n) is 1.50. The number of nitro groups is 1. The number of thiol groups is 1. The molecule has 8 heteroatoms. The molecule has 0 radical (unpaired) electrons. The van der Waals surface area contributed by atoms with Crippen LogP contribution in [0.2, 0.25) is 0 Å². The third-order valence-corrected chi connectivity index (χ3v) is 3.27. The van der Waals surface area contributed by atoms with Gasteiger partial charge in [-0.25, -0.2) is 4.79 Å². The van der Waals surface area contributed by atoms with E-state index in [1.165, 1.54) is 0 Å². The van der Waals surface area contributed by atoms with Gasteiger partial charge < -0.3 is 0 Å². The number of aromatic nitrogens is 2. The first-order chi connectivity index (χ1) is 8.36. The maximum Gasteiger partial charge on any atom is 0.350 e. The van der Waals surface area contributed by atoms with Crippen LogP contribution in [-0.2, 0) is 6.54 Å². The minimum atomic E-state index is -0.978. The van der Waals surface area contributed by atoms with Crippen molar-refractivity contribution in [3.05, 3.63) is 37.1 Å². The zero-order valence-corrected chi connectivity index (χ0v) is 11.0. The lowest BCUT2D eigenvalue weighted by molar-refractivity contribution is -0.386. The smallest absolute Gasteiger partial charge is 0.293 e. The predicted octanol–water partition coefficient (Wildman–Crippen LogP) is 0.647. The first kappa shape index (κ1) is 14.5. The quantitative estimate of drug-likeness (QED) is 0.467. The van der Waals surface area contributed by atoms with Crippen LogP contribution in [0.3, 0.4) is 0 Å². The Hall–Kier alpha value is -1.57. The van der Waals surface area contributed by atoms with Gasteiger partial charge in [-0.15, -0.1) is 0 Å². The summed E-state index contributed by atoms with van der Waals surface area (Å²) in [5, 5.41) is 10.6. The van der Waals surface area contributed by atoms with E-state index in [1.807, 2.05) is 18.8 Å². The van der Waals surface area contributed by atoms with Crippen LogP contribution in [0.25, 0.3) is 0 Å². The second-order valence-corrected chi connectivity index (χ2v) is 4.73. The fourth-order valence-corrected chi connectivity index (χ4v) is 2.03. The average Bonchev–Trinajstić information content (AvgIpc) is 2.26. The Balaban J connectivity index is 3.17. The second-order valence-electron chi connectivity index (χ2n) is 4.37. The summed E-state index contributed by atoms with van der Waals surface area (Å²) in [6.45, 7) is 4.25. The first-order valence-electron chi connectivity index (χ1n) is 5.45. The van der Waals surface area contributed by atoms with E-state index in [-0.39, 0.29) is 18.4 Å². The average molecular weight is 273 g/mol. The normalized spacial score (nSPS) is 12.7. The Morgan fingerprint density at radius 2 is 2.11 bits per heavy atom. The molecule has 0 spiro atoms. The molecule has 7 nitrogen and oxygen atoms in total. The molecule has 0 aliphatic carbocycles. The molecule has 0 aliphatic heterocycles. The SMILES string of the molecule is CC(C)C(CS)Cn1cc([N+](=O)[O-])c(=O)[nH]c1=O. The second kappa shape index (κ2) is 5.85. The summed E-state index contributed by atoms with van der Waals surface area (Å²) in [7, 11) is 0. The molecule has 100 valence electrons. The standard InChI is InChI=1S/C10H15N3O4S/c1-6(2)7(5-18)3-12-4-8(13(16)17)9(14)11-10(12)15/h4,6-7,18H,3,5H2,1-2H3,(H,11,14,15). The van der Waals surface area contributed by atoms with Gasteiger partial charge >= 0.3 is 16.9 Å². The van der Waals surface area contributed by atoms with Crippen molar-refractivity contribution >= 4 is 18.3 Å². The molecule has 1 N–H and O–H groups in total. The molecule has 0 saturated carbocycles. The van der Waals surface area contributed by atoms with Crippen LogP contribution in [0.1, 0.15) is 13.8 Å². The van der Waals surface area contributed by atoms with Gasteiger partial charge in [0.05, 0.1) is 11.1 Å². The molecular formula is C10H15N3O4S. The van der Waals surface area contributed by atoms with Crippen LogP contribution in [0, 0.1) is 22.0 Å². The number of rotatable bonds is 5. The highest BCUT2D eigenvalue weighted by atomic mass is 32.1. The maximum absolute atomic E-state index is 11.5. The van der Waals surface area contributed by atoms with Crippen LogP contribution in [0.4, 0.5) is 5.69 Å². The van der Waals surface area contributed by atoms with E-state index in [2.05, 4.69) is 12.6 Å². The van der Waals surface area contributed by atoms with Crippen LogP contribution < -0.4 is 11.2 Å². The Bertz CT molecular complexity index is 549. The third-order valence-electron chi connectivity index (χ3n) is 2.80. The van der Waals surface area contributed by atoms with Crippen molar-refractivity contribution in [1.29, 1.82) is 0 Å². The van der Waals surface area contributed by atoms with E-state index in [1.54, 1.807) is 0 Å². The van der Waals surface area contributed by atoms with Crippen LogP contribution in [0.5, 0.6) is 0 Å². The van der Waals surface area contributed by atoms with Crippen molar-refractivity contribution in [2.45, 2.75) is 20.4 Å². The van der Waals surface area contributed by atoms with E-state index >= 15 is 0 Å². The number of hydrogen-bond donors (Lipinski definition) is 2. The molecule has 0 aromatic carbocycles. The summed E-state index contributed by atoms with van der Waals surface area (Å²) in [5.74, 6) is 0.925. The van der Waals surface area contributed by atoms with Gasteiger partial charge in [-0.2, -0.15) is 12.6 Å². The van der Waals surface area contributed by atoms with Gasteiger partial charge in [-0.1, -0.05) is 13.8 Å². The number of nitrogens with zero attached hydrogens (tertiary/aromatic N) is 2. The monoisotopic (exact) mass is 273 g/mol. The minimum absolute atomic E-state index is 0.0940. The van der Waals surface area contributed by atoms with Gasteiger partial charge in [0.15, 0.2) is 0 Å². The molecule has 0 bridgehead atoms. The summed E-state index contributed by atoms with van der Waals surface area (Å²) in [6.07, 6.45) is 0.986. The lowest BCUT2D eigenvalue weighted by Gasteiger charge is -2.19. The van der Waals surface area contributed by atoms with Crippen molar-refractivity contribution < 1.29 is 4.92 Å². The number of H-pyrrole nitrogens is 1. The molecule has 18 heavy (non-hydrogen) atoms. The van der Waals surface area contributed by atoms with Gasteiger partial charge in [0, 0.05) is 6.54 Å². The van der Waals surface area contributed by atoms with Crippen LogP contribution in [0.15, 0.2) is 15.8 Å². The lowest BCUT2D eigenvalue weighted by Crippen LogP contribution is -2.33. The molecule has 0 aliphatic rings. The van der Waals surface area contributed by atoms with E-state index in [0.717, 1.165) is 10.8 Å². The van der Waals surface area contributed by atoms with Gasteiger partial charge in [0.2, 0.25) is 0 Å². The summed E-state index contributed by atoms with van der Waals surface area (Å²) < 4.78 is 1.15. The molecule has 0 saturated heterocycles. The maximum atomic E-state index is 11.5. The molecule has 1 rings (SSSR count). The third kappa shape index (κ3) is 3.22. The molecule has 1 atom stereocenters. The van der Waals surface area contributed by atoms with E-state index in [9.17, 15) is 19.7 Å². The highest BCUT2D eigenvalue weighted by molar-refractivity contribution is 7.80. The number of hydrogen-bond acceptors (Lipinski definition) is 5. The molecule has 0 fully saturated rings. The number of nitrogens with one attached hydrogen (secondary N) is 1. The van der Waals surface area contributed by atoms with Crippen molar-refractivity contribution in [2.24, 2.45) is 11.8 Å². The predicted molar refractivity (Wildman–Crippen MR) is 70.2 cm³/mol. The zero-order chi connectivity index (χ0) is 13.9. The Morgan fingerprint density at radius 1 is 1.50 bits per heavy atom. The van der Waals surface area contributed by atoms with E-state index in [0.29, 0.717) is 5.75 Å². The number of aromatic amines is 1. The Morgan fingerprint density at radius 3 is 2.56 bits per heavy atom. The van der Waals surface area contributed by atoms with Gasteiger partial charge in [-0.3, -0.25) is 24.5 Å².